The average Bonchev–Trinajstić information content (AvgIpc) is 2.83. The molecule has 11 nitrogen and oxygen atoms in total. The Morgan fingerprint density at radius 3 is 1.91 bits per heavy atom. The number of piperidine rings is 1. The molecular formula is C31H43Cl2N5O6. The summed E-state index contributed by atoms with van der Waals surface area (Å²) in [7, 11) is 0. The van der Waals surface area contributed by atoms with E-state index in [0.717, 1.165) is 4.90 Å². The number of rotatable bonds is 4. The van der Waals surface area contributed by atoms with Crippen LogP contribution in [0.2, 0.25) is 10.0 Å². The molecular weight excluding hydrogens is 609 g/mol. The molecule has 0 atom stereocenters. The molecule has 13 heteroatoms. The van der Waals surface area contributed by atoms with Gasteiger partial charge in [-0.3, -0.25) is 0 Å². The lowest BCUT2D eigenvalue weighted by Crippen LogP contribution is -2.54. The largest absolute Gasteiger partial charge is 0.444 e. The first kappa shape index (κ1) is 35.2. The molecule has 0 saturated carbocycles. The fourth-order valence-corrected chi connectivity index (χ4v) is 4.71. The Morgan fingerprint density at radius 1 is 0.886 bits per heavy atom. The zero-order valence-electron chi connectivity index (χ0n) is 27.1. The molecule has 3 rings (SSSR count). The van der Waals surface area contributed by atoms with Gasteiger partial charge in [-0.15, -0.1) is 0 Å². The van der Waals surface area contributed by atoms with Crippen molar-refractivity contribution in [3.05, 3.63) is 34.4 Å². The fourth-order valence-electron chi connectivity index (χ4n) is 4.32. The summed E-state index contributed by atoms with van der Waals surface area (Å²) in [6, 6.07) is 4.96. The second-order valence-corrected chi connectivity index (χ2v) is 14.8. The number of halogens is 2. The number of nitrogens with one attached hydrogen (secondary N) is 1. The number of hydrogen-bond acceptors (Lipinski definition) is 9. The maximum absolute atomic E-state index is 13.6. The molecule has 1 aliphatic heterocycles. The number of carbonyl (C=O) groups excluding carboxylic acids is 3. The summed E-state index contributed by atoms with van der Waals surface area (Å²) in [6.45, 7) is 18.5. The van der Waals surface area contributed by atoms with Crippen LogP contribution >= 0.6 is 23.2 Å². The maximum atomic E-state index is 13.6. The maximum Gasteiger partial charge on any atom is 0.425 e. The molecule has 242 valence electrons. The monoisotopic (exact) mass is 651 g/mol. The minimum absolute atomic E-state index is 0.129. The first-order chi connectivity index (χ1) is 20.1. The number of nitrogens with zero attached hydrogens (tertiary/aromatic N) is 4. The molecule has 44 heavy (non-hydrogen) atoms. The molecule has 2 aromatic rings. The molecule has 1 aromatic carbocycles. The molecule has 1 aliphatic rings. The van der Waals surface area contributed by atoms with Gasteiger partial charge in [-0.25, -0.2) is 24.4 Å². The van der Waals surface area contributed by atoms with E-state index in [9.17, 15) is 14.4 Å². The molecule has 3 amide bonds. The van der Waals surface area contributed by atoms with E-state index < -0.39 is 40.6 Å². The van der Waals surface area contributed by atoms with Gasteiger partial charge in [0, 0.05) is 24.2 Å². The lowest BCUT2D eigenvalue weighted by molar-refractivity contribution is 0.0420. The Bertz CT molecular complexity index is 1360. The Labute approximate surface area is 269 Å². The van der Waals surface area contributed by atoms with Gasteiger partial charge in [0.05, 0.1) is 16.2 Å². The quantitative estimate of drug-likeness (QED) is 0.327. The van der Waals surface area contributed by atoms with E-state index >= 15 is 0 Å². The van der Waals surface area contributed by atoms with Crippen molar-refractivity contribution >= 4 is 53.1 Å². The number of hydrogen-bond donors (Lipinski definition) is 1. The summed E-state index contributed by atoms with van der Waals surface area (Å²) in [5.74, 6) is 0.272. The Morgan fingerprint density at radius 2 is 1.41 bits per heavy atom. The van der Waals surface area contributed by atoms with Crippen molar-refractivity contribution in [3.63, 3.8) is 0 Å². The van der Waals surface area contributed by atoms with Crippen LogP contribution in [0.25, 0.3) is 11.3 Å². The van der Waals surface area contributed by atoms with Crippen molar-refractivity contribution in [1.82, 2.24) is 15.3 Å². The third-order valence-electron chi connectivity index (χ3n) is 6.31. The molecule has 1 saturated heterocycles. The highest BCUT2D eigenvalue weighted by molar-refractivity contribution is 6.43. The smallest absolute Gasteiger partial charge is 0.425 e. The number of alkyl carbamates (subject to hydrolysis) is 1. The number of imide groups is 1. The van der Waals surface area contributed by atoms with Crippen LogP contribution in [0.1, 0.15) is 82.1 Å². The van der Waals surface area contributed by atoms with Gasteiger partial charge in [-0.1, -0.05) is 35.3 Å². The van der Waals surface area contributed by atoms with Crippen molar-refractivity contribution in [2.24, 2.45) is 0 Å². The van der Waals surface area contributed by atoms with Gasteiger partial charge in [0.15, 0.2) is 5.82 Å². The normalized spacial score (nSPS) is 15.3. The van der Waals surface area contributed by atoms with Crippen LogP contribution in [-0.2, 0) is 14.2 Å². The summed E-state index contributed by atoms with van der Waals surface area (Å²) in [5, 5.41) is 3.42. The number of benzene rings is 1. The topological polar surface area (TPSA) is 123 Å². The van der Waals surface area contributed by atoms with Gasteiger partial charge in [0.2, 0.25) is 0 Å². The number of amides is 3. The number of aromatic nitrogens is 2. The van der Waals surface area contributed by atoms with E-state index in [4.69, 9.17) is 42.4 Å². The van der Waals surface area contributed by atoms with Crippen LogP contribution in [0.5, 0.6) is 0 Å². The molecule has 0 radical (unpaired) electrons. The van der Waals surface area contributed by atoms with E-state index in [1.807, 2.05) is 32.6 Å². The summed E-state index contributed by atoms with van der Waals surface area (Å²) in [6.07, 6.45) is 0.224. The van der Waals surface area contributed by atoms with Crippen LogP contribution in [0, 0.1) is 0 Å². The highest BCUT2D eigenvalue weighted by atomic mass is 35.5. The molecule has 1 N–H and O–H groups in total. The van der Waals surface area contributed by atoms with Gasteiger partial charge < -0.3 is 24.4 Å². The lowest BCUT2D eigenvalue weighted by atomic mass is 9.90. The summed E-state index contributed by atoms with van der Waals surface area (Å²) in [4.78, 5) is 51.8. The zero-order chi connectivity index (χ0) is 33.3. The molecule has 0 spiro atoms. The third-order valence-corrected chi connectivity index (χ3v) is 7.12. The van der Waals surface area contributed by atoms with Crippen molar-refractivity contribution in [2.45, 2.75) is 104 Å². The molecule has 0 unspecified atom stereocenters. The average molecular weight is 653 g/mol. The number of ether oxygens (including phenoxy) is 3. The standard InChI is InChI=1S/C31H43Cl2N5O6/c1-28(2,3)42-25(39)36-31(10)14-16-37(17-15-31)21-18-34-23(19-12-11-13-20(32)22(19)33)24(35-21)38(26(40)43-29(4,5)6)27(41)44-30(7,8)9/h11-13,18H,14-17H2,1-10H3,(H,36,39). The zero-order valence-corrected chi connectivity index (χ0v) is 28.6. The SMILES string of the molecule is CC1(NC(=O)OC(C)(C)C)CCN(c2cnc(-c3cccc(Cl)c3Cl)c(N(C(=O)OC(C)(C)C)C(=O)OC(C)(C)C)n2)CC1. The predicted molar refractivity (Wildman–Crippen MR) is 172 cm³/mol. The second-order valence-electron chi connectivity index (χ2n) is 14.0. The summed E-state index contributed by atoms with van der Waals surface area (Å²) >= 11 is 12.9. The van der Waals surface area contributed by atoms with Crippen molar-refractivity contribution in [3.8, 4) is 11.3 Å². The van der Waals surface area contributed by atoms with Crippen LogP contribution in [0.15, 0.2) is 24.4 Å². The second kappa shape index (κ2) is 13.0. The Balaban J connectivity index is 2.07. The van der Waals surface area contributed by atoms with Crippen LogP contribution in [-0.4, -0.2) is 63.7 Å². The van der Waals surface area contributed by atoms with Gasteiger partial charge in [-0.05, 0) is 88.1 Å². The highest BCUT2D eigenvalue weighted by Gasteiger charge is 2.38. The van der Waals surface area contributed by atoms with Crippen molar-refractivity contribution < 1.29 is 28.6 Å². The van der Waals surface area contributed by atoms with E-state index in [-0.39, 0.29) is 21.6 Å². The van der Waals surface area contributed by atoms with E-state index in [0.29, 0.717) is 37.3 Å². The molecule has 0 bridgehead atoms. The molecule has 0 aliphatic carbocycles. The van der Waals surface area contributed by atoms with Gasteiger partial charge in [0.25, 0.3) is 0 Å². The molecule has 1 aromatic heterocycles. The predicted octanol–water partition coefficient (Wildman–Crippen LogP) is 8.01. The van der Waals surface area contributed by atoms with Crippen molar-refractivity contribution in [2.75, 3.05) is 22.9 Å². The minimum Gasteiger partial charge on any atom is -0.444 e. The molecule has 1 fully saturated rings. The first-order valence-electron chi connectivity index (χ1n) is 14.4. The number of carbonyl (C=O) groups is 3. The Kier molecular flexibility index (Phi) is 10.4. The number of anilines is 2. The van der Waals surface area contributed by atoms with E-state index in [1.165, 1.54) is 0 Å². The van der Waals surface area contributed by atoms with Crippen LogP contribution in [0.4, 0.5) is 26.0 Å². The van der Waals surface area contributed by atoms with Crippen molar-refractivity contribution in [1.29, 1.82) is 0 Å². The fraction of sp³-hybridized carbons (Fsp3) is 0.581. The van der Waals surface area contributed by atoms with Crippen LogP contribution < -0.4 is 15.1 Å². The summed E-state index contributed by atoms with van der Waals surface area (Å²) in [5.41, 5.74) is -2.51. The lowest BCUT2D eigenvalue weighted by Gasteiger charge is -2.40. The highest BCUT2D eigenvalue weighted by Crippen LogP contribution is 2.39. The molecule has 2 heterocycles. The third kappa shape index (κ3) is 9.59. The first-order valence-corrected chi connectivity index (χ1v) is 15.2. The van der Waals surface area contributed by atoms with E-state index in [2.05, 4.69) is 10.3 Å². The van der Waals surface area contributed by atoms with Gasteiger partial charge in [0.1, 0.15) is 28.3 Å². The van der Waals surface area contributed by atoms with Gasteiger partial charge in [-0.2, -0.15) is 4.90 Å². The summed E-state index contributed by atoms with van der Waals surface area (Å²) < 4.78 is 16.7. The van der Waals surface area contributed by atoms with Gasteiger partial charge >= 0.3 is 18.3 Å². The van der Waals surface area contributed by atoms with Crippen LogP contribution in [0.3, 0.4) is 0 Å². The Hall–Kier alpha value is -3.31. The minimum atomic E-state index is -0.995. The van der Waals surface area contributed by atoms with E-state index in [1.54, 1.807) is 65.9 Å².